The van der Waals surface area contributed by atoms with Gasteiger partial charge in [-0.3, -0.25) is 4.79 Å². The maximum absolute atomic E-state index is 10.5. The number of esters is 1. The van der Waals surface area contributed by atoms with Gasteiger partial charge in [-0.15, -0.1) is 0 Å². The van der Waals surface area contributed by atoms with Crippen molar-refractivity contribution in [3.63, 3.8) is 0 Å². The van der Waals surface area contributed by atoms with Gasteiger partial charge >= 0.3 is 5.97 Å². The molecule has 3 nitrogen and oxygen atoms in total. The van der Waals surface area contributed by atoms with Crippen LogP contribution in [-0.2, 0) is 14.3 Å². The predicted octanol–water partition coefficient (Wildman–Crippen LogP) is 1.04. The van der Waals surface area contributed by atoms with Crippen molar-refractivity contribution < 1.29 is 14.3 Å². The number of carbonyl (C=O) groups excluding carboxylic acids is 2. The van der Waals surface area contributed by atoms with E-state index in [9.17, 15) is 9.59 Å². The Hall–Kier alpha value is -1.12. The first-order valence-corrected chi connectivity index (χ1v) is 2.98. The molecule has 0 aromatic carbocycles. The average molecular weight is 143 g/mol. The van der Waals surface area contributed by atoms with Gasteiger partial charge in [-0.1, -0.05) is 13.5 Å². The fraction of sp³-hybridized carbons (Fsp3) is 0.429. The average Bonchev–Trinajstić information content (AvgIpc) is 1.87. The molecule has 0 bridgehead atoms. The molecule has 0 N–H and O–H groups in total. The van der Waals surface area contributed by atoms with Crippen LogP contribution in [-0.4, -0.2) is 11.8 Å². The molecule has 0 spiro atoms. The van der Waals surface area contributed by atoms with Gasteiger partial charge in [0.15, 0.2) is 0 Å². The Morgan fingerprint density at radius 1 is 1.50 bits per heavy atom. The summed E-state index contributed by atoms with van der Waals surface area (Å²) in [5.41, 5.74) is 0. The molecule has 0 unspecified atom stereocenters. The summed E-state index contributed by atoms with van der Waals surface area (Å²) in [4.78, 5) is 20.8. The Balaban J connectivity index is 3.80. The zero-order valence-corrected chi connectivity index (χ0v) is 6.14. The van der Waals surface area contributed by atoms with E-state index in [4.69, 9.17) is 0 Å². The third-order valence-corrected chi connectivity index (χ3v) is 0.919. The zero-order chi connectivity index (χ0) is 8.15. The molecule has 10 heavy (non-hydrogen) atoms. The fourth-order valence-corrected chi connectivity index (χ4v) is 0.275. The number of rotatable bonds is 3. The summed E-state index contributed by atoms with van der Waals surface area (Å²) in [6.45, 7) is 6.35. The van der Waals surface area contributed by atoms with Gasteiger partial charge in [-0.25, -0.2) is 4.79 Å². The Bertz CT molecular complexity index is 170. The Morgan fingerprint density at radius 2 is 2.00 bits per heavy atom. The van der Waals surface area contributed by atoms with Gasteiger partial charge < -0.3 is 4.74 Å². The molecule has 0 heterocycles. The molecule has 56 valence electrons. The van der Waals surface area contributed by atoms with E-state index < -0.39 is 11.8 Å². The van der Waals surface area contributed by atoms with E-state index in [2.05, 4.69) is 11.3 Å². The largest absolute Gasteiger partial charge is 0.426 e. The Morgan fingerprint density at radius 3 is 2.30 bits per heavy atom. The second kappa shape index (κ2) is 3.82. The molecule has 0 rings (SSSR count). The van der Waals surface area contributed by atoms with Crippen LogP contribution in [0.4, 0.5) is 0 Å². The van der Waals surface area contributed by atoms with Gasteiger partial charge in [-0.05, 0) is 0 Å². The molecule has 0 amide bonds. The van der Waals surface area contributed by atoms with Crippen molar-refractivity contribution in [1.82, 2.24) is 0 Å². The van der Waals surface area contributed by atoms with E-state index in [1.54, 1.807) is 6.92 Å². The highest BCUT2D eigenvalue weighted by molar-refractivity contribution is 6.32. The summed E-state index contributed by atoms with van der Waals surface area (Å²) >= 11 is 0. The predicted molar refractivity (Wildman–Crippen MR) is 36.2 cm³/mol. The summed E-state index contributed by atoms with van der Waals surface area (Å²) in [7, 11) is 0. The van der Waals surface area contributed by atoms with Crippen LogP contribution in [0.15, 0.2) is 12.3 Å². The van der Waals surface area contributed by atoms with E-state index in [0.29, 0.717) is 12.2 Å². The van der Waals surface area contributed by atoms with Crippen molar-refractivity contribution in [3.8, 4) is 0 Å². The molecule has 0 aliphatic rings. The molecule has 0 aliphatic carbocycles. The highest BCUT2D eigenvalue weighted by Gasteiger charge is 2.09. The number of ether oxygens (including phenoxy) is 1. The monoisotopic (exact) mass is 143 g/mol. The summed E-state index contributed by atoms with van der Waals surface area (Å²) in [6.07, 6.45) is 0.541. The normalized spacial score (nSPS) is 8.60. The molecule has 3 heteroatoms. The summed E-state index contributed by atoms with van der Waals surface area (Å²) in [6, 6.07) is 0. The van der Waals surface area contributed by atoms with E-state index >= 15 is 0 Å². The third kappa shape index (κ3) is 3.02. The number of ketones is 1. The summed E-state index contributed by atoms with van der Waals surface area (Å²) in [5, 5.41) is 0. The van der Waals surface area contributed by atoms with E-state index in [-0.39, 0.29) is 0 Å². The van der Waals surface area contributed by atoms with Crippen LogP contribution in [0.5, 0.6) is 0 Å². The SMILES string of the molecule is C=C(CC)O[13C](=O)C(C)=O. The van der Waals surface area contributed by atoms with E-state index in [1.165, 1.54) is 0 Å². The quantitative estimate of drug-likeness (QED) is 0.256. The summed E-state index contributed by atoms with van der Waals surface area (Å²) < 4.78 is 4.48. The van der Waals surface area contributed by atoms with Crippen LogP contribution < -0.4 is 0 Å². The van der Waals surface area contributed by atoms with E-state index in [1.807, 2.05) is 0 Å². The van der Waals surface area contributed by atoms with Crippen LogP contribution in [0.25, 0.3) is 0 Å². The number of hydrogen-bond donors (Lipinski definition) is 0. The lowest BCUT2D eigenvalue weighted by atomic mass is 10.4. The highest BCUT2D eigenvalue weighted by atomic mass is 16.6. The lowest BCUT2D eigenvalue weighted by Crippen LogP contribution is -2.12. The zero-order valence-electron chi connectivity index (χ0n) is 6.14. The van der Waals surface area contributed by atoms with Crippen molar-refractivity contribution in [1.29, 1.82) is 0 Å². The van der Waals surface area contributed by atoms with Crippen LogP contribution in [0.1, 0.15) is 20.3 Å². The molecule has 0 saturated heterocycles. The fourth-order valence-electron chi connectivity index (χ4n) is 0.275. The van der Waals surface area contributed by atoms with Gasteiger partial charge in [0.2, 0.25) is 5.78 Å². The Labute approximate surface area is 59.7 Å². The number of allylic oxidation sites excluding steroid dienone is 1. The lowest BCUT2D eigenvalue weighted by molar-refractivity contribution is -0.149. The molecule has 0 radical (unpaired) electrons. The number of Topliss-reactive ketones (excluding diaryl/α,β-unsaturated/α-hetero) is 1. The van der Waals surface area contributed by atoms with Crippen molar-refractivity contribution in [2.24, 2.45) is 0 Å². The molecule has 0 saturated carbocycles. The van der Waals surface area contributed by atoms with Crippen molar-refractivity contribution in [3.05, 3.63) is 12.3 Å². The second-order valence-corrected chi connectivity index (χ2v) is 1.84. The minimum absolute atomic E-state index is 0.320. The minimum Gasteiger partial charge on any atom is -0.426 e. The van der Waals surface area contributed by atoms with E-state index in [0.717, 1.165) is 6.92 Å². The molecule has 0 aromatic rings. The van der Waals surface area contributed by atoms with Crippen LogP contribution >= 0.6 is 0 Å². The van der Waals surface area contributed by atoms with Gasteiger partial charge in [0, 0.05) is 13.3 Å². The van der Waals surface area contributed by atoms with Gasteiger partial charge in [-0.2, -0.15) is 0 Å². The molecule has 0 aromatic heterocycles. The first-order valence-electron chi connectivity index (χ1n) is 2.98. The lowest BCUT2D eigenvalue weighted by Gasteiger charge is -2.00. The number of carbonyl (C=O) groups is 2. The van der Waals surface area contributed by atoms with Gasteiger partial charge in [0.05, 0.1) is 0 Å². The number of hydrogen-bond acceptors (Lipinski definition) is 3. The maximum atomic E-state index is 10.5. The van der Waals surface area contributed by atoms with Crippen molar-refractivity contribution in [2.75, 3.05) is 0 Å². The third-order valence-electron chi connectivity index (χ3n) is 0.919. The van der Waals surface area contributed by atoms with Crippen molar-refractivity contribution >= 4 is 11.8 Å². The second-order valence-electron chi connectivity index (χ2n) is 1.84. The molecule has 0 aliphatic heterocycles. The summed E-state index contributed by atoms with van der Waals surface area (Å²) in [5.74, 6) is -1.12. The van der Waals surface area contributed by atoms with Crippen LogP contribution in [0.3, 0.4) is 0 Å². The van der Waals surface area contributed by atoms with Crippen LogP contribution in [0, 0.1) is 0 Å². The molecule has 0 atom stereocenters. The van der Waals surface area contributed by atoms with Gasteiger partial charge in [0.1, 0.15) is 5.76 Å². The van der Waals surface area contributed by atoms with Gasteiger partial charge in [0.25, 0.3) is 0 Å². The first-order chi connectivity index (χ1) is 4.57. The highest BCUT2D eigenvalue weighted by Crippen LogP contribution is 1.98. The first kappa shape index (κ1) is 8.88. The minimum atomic E-state index is -0.841. The maximum Gasteiger partial charge on any atom is 0.379 e. The Kier molecular flexibility index (Phi) is 3.39. The molecular formula is C7H10O3. The molecule has 0 fully saturated rings. The standard InChI is InChI=1S/C7H10O3/c1-4-5(2)10-7(9)6(3)8/h2,4H2,1,3H3/i7+1. The van der Waals surface area contributed by atoms with Crippen molar-refractivity contribution in [2.45, 2.75) is 20.3 Å². The van der Waals surface area contributed by atoms with Crippen LogP contribution in [0.2, 0.25) is 0 Å². The topological polar surface area (TPSA) is 43.4 Å². The smallest absolute Gasteiger partial charge is 0.379 e. The molecular weight excluding hydrogens is 133 g/mol.